The lowest BCUT2D eigenvalue weighted by molar-refractivity contribution is -0.132. The number of sulfonamides is 1. The van der Waals surface area contributed by atoms with Crippen LogP contribution < -0.4 is 14.6 Å². The van der Waals surface area contributed by atoms with Crippen molar-refractivity contribution in [2.24, 2.45) is 5.14 Å². The molecule has 0 aliphatic carbocycles. The van der Waals surface area contributed by atoms with Crippen molar-refractivity contribution in [1.82, 2.24) is 9.80 Å². The normalized spacial score (nSPS) is 15.1. The van der Waals surface area contributed by atoms with Crippen LogP contribution in [0, 0.1) is 0 Å². The standard InChI is InChI=1S/C21H27N3O5S/c1-28-19-8-5-17(13-20(19)29-2)15-23-9-11-24(12-10-23)21(25)14-16-3-6-18(7-4-16)30(22,26)27/h3-8,13H,9-12,14-15H2,1-2H3,(H2,22,26,27). The monoisotopic (exact) mass is 433 g/mol. The van der Waals surface area contributed by atoms with Gasteiger partial charge in [-0.05, 0) is 35.4 Å². The van der Waals surface area contributed by atoms with Crippen molar-refractivity contribution < 1.29 is 22.7 Å². The summed E-state index contributed by atoms with van der Waals surface area (Å²) < 4.78 is 33.3. The second kappa shape index (κ2) is 9.46. The first-order valence-corrected chi connectivity index (χ1v) is 11.2. The molecule has 1 aliphatic rings. The quantitative estimate of drug-likeness (QED) is 0.705. The summed E-state index contributed by atoms with van der Waals surface area (Å²) in [6.07, 6.45) is 0.237. The fourth-order valence-electron chi connectivity index (χ4n) is 3.48. The van der Waals surface area contributed by atoms with Crippen molar-refractivity contribution in [3.05, 3.63) is 53.6 Å². The van der Waals surface area contributed by atoms with Crippen molar-refractivity contribution in [1.29, 1.82) is 0 Å². The lowest BCUT2D eigenvalue weighted by Gasteiger charge is -2.35. The maximum atomic E-state index is 12.6. The predicted octanol–water partition coefficient (Wildman–Crippen LogP) is 1.24. The fourth-order valence-corrected chi connectivity index (χ4v) is 3.99. The molecule has 1 aliphatic heterocycles. The molecule has 0 unspecified atom stereocenters. The molecule has 3 rings (SSSR count). The van der Waals surface area contributed by atoms with Crippen molar-refractivity contribution in [3.63, 3.8) is 0 Å². The molecule has 0 aromatic heterocycles. The first-order chi connectivity index (χ1) is 14.3. The van der Waals surface area contributed by atoms with Gasteiger partial charge >= 0.3 is 0 Å². The molecule has 8 nitrogen and oxygen atoms in total. The lowest BCUT2D eigenvalue weighted by Crippen LogP contribution is -2.48. The molecule has 2 aromatic carbocycles. The summed E-state index contributed by atoms with van der Waals surface area (Å²) in [6.45, 7) is 3.65. The van der Waals surface area contributed by atoms with Crippen LogP contribution in [-0.2, 0) is 27.8 Å². The van der Waals surface area contributed by atoms with Gasteiger partial charge < -0.3 is 14.4 Å². The molecule has 1 saturated heterocycles. The van der Waals surface area contributed by atoms with E-state index in [1.165, 1.54) is 12.1 Å². The molecular weight excluding hydrogens is 406 g/mol. The summed E-state index contributed by atoms with van der Waals surface area (Å²) in [5.74, 6) is 1.44. The number of rotatable bonds is 7. The molecule has 0 spiro atoms. The summed E-state index contributed by atoms with van der Waals surface area (Å²) in [5.41, 5.74) is 1.89. The maximum Gasteiger partial charge on any atom is 0.238 e. The molecule has 0 atom stereocenters. The number of nitrogens with zero attached hydrogens (tertiary/aromatic N) is 2. The zero-order valence-electron chi connectivity index (χ0n) is 17.2. The van der Waals surface area contributed by atoms with E-state index in [2.05, 4.69) is 4.90 Å². The van der Waals surface area contributed by atoms with Crippen molar-refractivity contribution in [2.75, 3.05) is 40.4 Å². The van der Waals surface area contributed by atoms with Crippen LogP contribution in [-0.4, -0.2) is 64.5 Å². The van der Waals surface area contributed by atoms with E-state index in [9.17, 15) is 13.2 Å². The Labute approximate surface area is 177 Å². The molecule has 30 heavy (non-hydrogen) atoms. The third-order valence-electron chi connectivity index (χ3n) is 5.19. The molecule has 0 radical (unpaired) electrons. The number of carbonyl (C=O) groups excluding carboxylic acids is 1. The van der Waals surface area contributed by atoms with Crippen LogP contribution in [0.5, 0.6) is 11.5 Å². The number of amides is 1. The van der Waals surface area contributed by atoms with Gasteiger partial charge in [0.25, 0.3) is 0 Å². The Morgan fingerprint density at radius 2 is 1.53 bits per heavy atom. The zero-order chi connectivity index (χ0) is 21.7. The van der Waals surface area contributed by atoms with Crippen LogP contribution in [0.25, 0.3) is 0 Å². The van der Waals surface area contributed by atoms with Gasteiger partial charge in [0.05, 0.1) is 25.5 Å². The van der Waals surface area contributed by atoms with Crippen molar-refractivity contribution in [3.8, 4) is 11.5 Å². The van der Waals surface area contributed by atoms with Crippen LogP contribution >= 0.6 is 0 Å². The minimum Gasteiger partial charge on any atom is -0.493 e. The smallest absolute Gasteiger partial charge is 0.238 e. The Hall–Kier alpha value is -2.62. The molecule has 0 bridgehead atoms. The van der Waals surface area contributed by atoms with Gasteiger partial charge in [0, 0.05) is 32.7 Å². The zero-order valence-corrected chi connectivity index (χ0v) is 18.0. The highest BCUT2D eigenvalue weighted by molar-refractivity contribution is 7.89. The lowest BCUT2D eigenvalue weighted by atomic mass is 10.1. The average molecular weight is 434 g/mol. The van der Waals surface area contributed by atoms with Crippen LogP contribution in [0.3, 0.4) is 0 Å². The van der Waals surface area contributed by atoms with E-state index >= 15 is 0 Å². The second-order valence-electron chi connectivity index (χ2n) is 7.21. The van der Waals surface area contributed by atoms with Crippen molar-refractivity contribution in [2.45, 2.75) is 17.9 Å². The molecule has 9 heteroatoms. The molecule has 2 aromatic rings. The highest BCUT2D eigenvalue weighted by atomic mass is 32.2. The van der Waals surface area contributed by atoms with Gasteiger partial charge in [-0.1, -0.05) is 18.2 Å². The van der Waals surface area contributed by atoms with Gasteiger partial charge in [0.1, 0.15) is 0 Å². The Bertz CT molecular complexity index is 984. The molecule has 1 fully saturated rings. The SMILES string of the molecule is COc1ccc(CN2CCN(C(=O)Cc3ccc(S(N)(=O)=O)cc3)CC2)cc1OC. The molecule has 0 saturated carbocycles. The van der Waals surface area contributed by atoms with E-state index in [-0.39, 0.29) is 17.2 Å². The molecule has 162 valence electrons. The molecular formula is C21H27N3O5S. The number of nitrogens with two attached hydrogens (primary N) is 1. The van der Waals surface area contributed by atoms with Crippen LogP contribution in [0.2, 0.25) is 0 Å². The Kier molecular flexibility index (Phi) is 6.96. The van der Waals surface area contributed by atoms with E-state index in [1.807, 2.05) is 23.1 Å². The fraction of sp³-hybridized carbons (Fsp3) is 0.381. The number of primary sulfonamides is 1. The number of ether oxygens (including phenoxy) is 2. The molecule has 1 heterocycles. The number of benzene rings is 2. The van der Waals surface area contributed by atoms with E-state index in [0.29, 0.717) is 24.6 Å². The highest BCUT2D eigenvalue weighted by Crippen LogP contribution is 2.28. The van der Waals surface area contributed by atoms with Gasteiger partial charge in [-0.15, -0.1) is 0 Å². The van der Waals surface area contributed by atoms with Gasteiger partial charge in [0.15, 0.2) is 11.5 Å². The Morgan fingerprint density at radius 1 is 0.933 bits per heavy atom. The number of hydrogen-bond acceptors (Lipinski definition) is 6. The van der Waals surface area contributed by atoms with Crippen molar-refractivity contribution >= 4 is 15.9 Å². The van der Waals surface area contributed by atoms with Gasteiger partial charge in [0.2, 0.25) is 15.9 Å². The second-order valence-corrected chi connectivity index (χ2v) is 8.77. The summed E-state index contributed by atoms with van der Waals surface area (Å²) in [7, 11) is -0.492. The van der Waals surface area contributed by atoms with Gasteiger partial charge in [-0.3, -0.25) is 9.69 Å². The predicted molar refractivity (Wildman–Crippen MR) is 113 cm³/mol. The summed E-state index contributed by atoms with van der Waals surface area (Å²) >= 11 is 0. The van der Waals surface area contributed by atoms with E-state index in [0.717, 1.165) is 30.8 Å². The topological polar surface area (TPSA) is 102 Å². The number of carbonyl (C=O) groups is 1. The highest BCUT2D eigenvalue weighted by Gasteiger charge is 2.21. The van der Waals surface area contributed by atoms with E-state index in [4.69, 9.17) is 14.6 Å². The van der Waals surface area contributed by atoms with E-state index in [1.54, 1.807) is 26.4 Å². The maximum absolute atomic E-state index is 12.6. The summed E-state index contributed by atoms with van der Waals surface area (Å²) in [6, 6.07) is 12.0. The first kappa shape index (κ1) is 22.1. The minimum absolute atomic E-state index is 0.0316. The number of methoxy groups -OCH3 is 2. The molecule has 1 amide bonds. The Balaban J connectivity index is 1.52. The summed E-state index contributed by atoms with van der Waals surface area (Å²) in [4.78, 5) is 16.8. The number of hydrogen-bond donors (Lipinski definition) is 1. The van der Waals surface area contributed by atoms with Crippen LogP contribution in [0.4, 0.5) is 0 Å². The van der Waals surface area contributed by atoms with Crippen LogP contribution in [0.1, 0.15) is 11.1 Å². The largest absolute Gasteiger partial charge is 0.493 e. The summed E-state index contributed by atoms with van der Waals surface area (Å²) in [5, 5.41) is 5.10. The van der Waals surface area contributed by atoms with Crippen LogP contribution in [0.15, 0.2) is 47.4 Å². The minimum atomic E-state index is -3.72. The third-order valence-corrected chi connectivity index (χ3v) is 6.12. The third kappa shape index (κ3) is 5.50. The number of piperazine rings is 1. The first-order valence-electron chi connectivity index (χ1n) is 9.63. The van der Waals surface area contributed by atoms with Gasteiger partial charge in [-0.25, -0.2) is 13.6 Å². The van der Waals surface area contributed by atoms with E-state index < -0.39 is 10.0 Å². The average Bonchev–Trinajstić information content (AvgIpc) is 2.74. The Morgan fingerprint density at radius 3 is 2.10 bits per heavy atom. The van der Waals surface area contributed by atoms with Gasteiger partial charge in [-0.2, -0.15) is 0 Å². The molecule has 2 N–H and O–H groups in total.